The van der Waals surface area contributed by atoms with E-state index in [0.29, 0.717) is 24.5 Å². The van der Waals surface area contributed by atoms with Crippen molar-refractivity contribution in [1.29, 1.82) is 0 Å². The maximum absolute atomic E-state index is 12.3. The third-order valence-electron chi connectivity index (χ3n) is 2.83. The number of nitrogens with zero attached hydrogens (tertiary/aromatic N) is 2. The number of carbonyl (C=O) groups excluding carboxylic acids is 1. The molecule has 0 saturated carbocycles. The highest BCUT2D eigenvalue weighted by molar-refractivity contribution is 6.32. The zero-order valence-electron chi connectivity index (χ0n) is 10.7. The molecule has 2 aromatic rings. The number of halogens is 2. The molecule has 8 heteroatoms. The van der Waals surface area contributed by atoms with Gasteiger partial charge in [-0.15, -0.1) is 0 Å². The molecule has 108 valence electrons. The monoisotopic (exact) mass is 324 g/mol. The largest absolute Gasteiger partial charge is 0.489 e. The predicted octanol–water partition coefficient (Wildman–Crippen LogP) is 2.84. The lowest BCUT2D eigenvalue weighted by atomic mass is 10.1. The van der Waals surface area contributed by atoms with Crippen molar-refractivity contribution < 1.29 is 9.53 Å². The van der Waals surface area contributed by atoms with E-state index < -0.39 is 0 Å². The summed E-state index contributed by atoms with van der Waals surface area (Å²) in [5.41, 5.74) is 1.19. The van der Waals surface area contributed by atoms with E-state index in [0.717, 1.165) is 5.69 Å². The lowest BCUT2D eigenvalue weighted by Crippen LogP contribution is -2.22. The van der Waals surface area contributed by atoms with Gasteiger partial charge in [-0.25, -0.2) is 9.97 Å². The fourth-order valence-corrected chi connectivity index (χ4v) is 2.40. The molecule has 0 atom stereocenters. The minimum Gasteiger partial charge on any atom is -0.489 e. The van der Waals surface area contributed by atoms with Crippen LogP contribution in [0.15, 0.2) is 24.3 Å². The number of hydrogen-bond acceptors (Lipinski definition) is 5. The van der Waals surface area contributed by atoms with Gasteiger partial charge in [-0.1, -0.05) is 17.7 Å². The number of hydrogen-bond donors (Lipinski definition) is 2. The van der Waals surface area contributed by atoms with Gasteiger partial charge in [0.2, 0.25) is 5.28 Å². The highest BCUT2D eigenvalue weighted by Crippen LogP contribution is 2.31. The van der Waals surface area contributed by atoms with Crippen molar-refractivity contribution in [3.05, 3.63) is 40.3 Å². The standard InChI is InChI=1S/C13H10Cl2N4O2/c14-9-6-10(19-13(15)17-9)18-12(20)7-2-1-3-8-11(7)21-5-4-16-8/h1-3,6,16H,4-5H2,(H,17,18,19,20). The van der Waals surface area contributed by atoms with E-state index in [1.807, 2.05) is 6.07 Å². The quantitative estimate of drug-likeness (QED) is 0.656. The average Bonchev–Trinajstić information content (AvgIpc) is 2.45. The molecule has 1 aliphatic heterocycles. The highest BCUT2D eigenvalue weighted by Gasteiger charge is 2.19. The van der Waals surface area contributed by atoms with Crippen LogP contribution in [0, 0.1) is 0 Å². The summed E-state index contributed by atoms with van der Waals surface area (Å²) in [6.45, 7) is 1.21. The molecular weight excluding hydrogens is 315 g/mol. The first-order valence-electron chi connectivity index (χ1n) is 6.14. The van der Waals surface area contributed by atoms with Crippen LogP contribution in [0.4, 0.5) is 11.5 Å². The molecule has 1 amide bonds. The van der Waals surface area contributed by atoms with E-state index in [9.17, 15) is 4.79 Å². The Labute approximate surface area is 130 Å². The molecule has 1 aromatic heterocycles. The Kier molecular flexibility index (Phi) is 3.81. The Morgan fingerprint density at radius 1 is 1.33 bits per heavy atom. The van der Waals surface area contributed by atoms with E-state index >= 15 is 0 Å². The number of fused-ring (bicyclic) bond motifs is 1. The van der Waals surface area contributed by atoms with Crippen LogP contribution in [0.1, 0.15) is 10.4 Å². The average molecular weight is 325 g/mol. The molecule has 2 heterocycles. The number of ether oxygens (including phenoxy) is 1. The maximum Gasteiger partial charge on any atom is 0.260 e. The molecule has 1 aliphatic rings. The number of nitrogens with one attached hydrogen (secondary N) is 2. The number of amides is 1. The molecule has 0 fully saturated rings. The van der Waals surface area contributed by atoms with Gasteiger partial charge in [-0.2, -0.15) is 0 Å². The van der Waals surface area contributed by atoms with E-state index in [1.165, 1.54) is 6.07 Å². The Morgan fingerprint density at radius 2 is 2.19 bits per heavy atom. The lowest BCUT2D eigenvalue weighted by Gasteiger charge is -2.21. The van der Waals surface area contributed by atoms with Crippen LogP contribution in [-0.2, 0) is 0 Å². The van der Waals surface area contributed by atoms with Crippen molar-refractivity contribution in [2.45, 2.75) is 0 Å². The van der Waals surface area contributed by atoms with E-state index in [-0.39, 0.29) is 22.2 Å². The SMILES string of the molecule is O=C(Nc1cc(Cl)nc(Cl)n1)c1cccc2c1OCCN2. The topological polar surface area (TPSA) is 76.1 Å². The molecular formula is C13H10Cl2N4O2. The molecule has 2 N–H and O–H groups in total. The second-order valence-electron chi connectivity index (χ2n) is 4.26. The molecule has 1 aromatic carbocycles. The van der Waals surface area contributed by atoms with Gasteiger partial charge in [0.15, 0.2) is 5.75 Å². The van der Waals surface area contributed by atoms with Crippen molar-refractivity contribution in [2.75, 3.05) is 23.8 Å². The van der Waals surface area contributed by atoms with Crippen molar-refractivity contribution >= 4 is 40.6 Å². The minimum atomic E-state index is -0.360. The summed E-state index contributed by atoms with van der Waals surface area (Å²) in [5.74, 6) is 0.389. The summed E-state index contributed by atoms with van der Waals surface area (Å²) < 4.78 is 5.55. The normalized spacial score (nSPS) is 12.9. The van der Waals surface area contributed by atoms with Gasteiger partial charge in [0.25, 0.3) is 5.91 Å². The van der Waals surface area contributed by atoms with Crippen LogP contribution in [0.3, 0.4) is 0 Å². The second-order valence-corrected chi connectivity index (χ2v) is 4.98. The smallest absolute Gasteiger partial charge is 0.260 e. The number of anilines is 2. The number of benzene rings is 1. The molecule has 0 spiro atoms. The number of rotatable bonds is 2. The maximum atomic E-state index is 12.3. The van der Waals surface area contributed by atoms with Crippen molar-refractivity contribution in [3.63, 3.8) is 0 Å². The van der Waals surface area contributed by atoms with Crippen LogP contribution in [0.2, 0.25) is 10.4 Å². The summed E-state index contributed by atoms with van der Waals surface area (Å²) in [4.78, 5) is 20.0. The van der Waals surface area contributed by atoms with Gasteiger partial charge < -0.3 is 15.4 Å². The van der Waals surface area contributed by atoms with E-state index in [4.69, 9.17) is 27.9 Å². The summed E-state index contributed by atoms with van der Waals surface area (Å²) >= 11 is 11.5. The first kappa shape index (κ1) is 13.9. The number of carbonyl (C=O) groups is 1. The number of aromatic nitrogens is 2. The van der Waals surface area contributed by atoms with Gasteiger partial charge in [-0.05, 0) is 23.7 Å². The third-order valence-corrected chi connectivity index (χ3v) is 3.20. The van der Waals surface area contributed by atoms with Gasteiger partial charge in [-0.3, -0.25) is 4.79 Å². The fraction of sp³-hybridized carbons (Fsp3) is 0.154. The highest BCUT2D eigenvalue weighted by atomic mass is 35.5. The van der Waals surface area contributed by atoms with Crippen molar-refractivity contribution in [1.82, 2.24) is 9.97 Å². The summed E-state index contributed by atoms with van der Waals surface area (Å²) in [7, 11) is 0. The van der Waals surface area contributed by atoms with E-state index in [2.05, 4.69) is 20.6 Å². The zero-order valence-corrected chi connectivity index (χ0v) is 12.2. The fourth-order valence-electron chi connectivity index (χ4n) is 1.99. The Bertz CT molecular complexity index is 688. The molecule has 0 aliphatic carbocycles. The minimum absolute atomic E-state index is 0.0363. The Hall–Kier alpha value is -2.05. The molecule has 0 unspecified atom stereocenters. The van der Waals surface area contributed by atoms with Crippen LogP contribution in [-0.4, -0.2) is 29.0 Å². The predicted molar refractivity (Wildman–Crippen MR) is 80.4 cm³/mol. The van der Waals surface area contributed by atoms with Crippen LogP contribution >= 0.6 is 23.2 Å². The van der Waals surface area contributed by atoms with Crippen LogP contribution in [0.25, 0.3) is 0 Å². The van der Waals surface area contributed by atoms with Crippen LogP contribution < -0.4 is 15.4 Å². The van der Waals surface area contributed by atoms with E-state index in [1.54, 1.807) is 12.1 Å². The molecule has 6 nitrogen and oxygen atoms in total. The Morgan fingerprint density at radius 3 is 3.00 bits per heavy atom. The first-order valence-corrected chi connectivity index (χ1v) is 6.90. The summed E-state index contributed by atoms with van der Waals surface area (Å²) in [6.07, 6.45) is 0. The zero-order chi connectivity index (χ0) is 14.8. The third kappa shape index (κ3) is 3.01. The van der Waals surface area contributed by atoms with Crippen LogP contribution in [0.5, 0.6) is 5.75 Å². The number of para-hydroxylation sites is 1. The van der Waals surface area contributed by atoms with Crippen molar-refractivity contribution in [3.8, 4) is 5.75 Å². The molecule has 3 rings (SSSR count). The second kappa shape index (κ2) is 5.75. The summed E-state index contributed by atoms with van der Waals surface area (Å²) in [5, 5.41) is 5.91. The Balaban J connectivity index is 1.89. The first-order chi connectivity index (χ1) is 10.1. The molecule has 21 heavy (non-hydrogen) atoms. The summed E-state index contributed by atoms with van der Waals surface area (Å²) in [6, 6.07) is 6.71. The lowest BCUT2D eigenvalue weighted by molar-refractivity contribution is 0.102. The molecule has 0 bridgehead atoms. The van der Waals surface area contributed by atoms with Gasteiger partial charge >= 0.3 is 0 Å². The molecule has 0 radical (unpaired) electrons. The van der Waals surface area contributed by atoms with Gasteiger partial charge in [0.05, 0.1) is 11.3 Å². The molecule has 0 saturated heterocycles. The van der Waals surface area contributed by atoms with Crippen molar-refractivity contribution in [2.24, 2.45) is 0 Å². The van der Waals surface area contributed by atoms with Gasteiger partial charge in [0, 0.05) is 12.6 Å². The van der Waals surface area contributed by atoms with Gasteiger partial charge in [0.1, 0.15) is 17.6 Å².